The monoisotopic (exact) mass is 832 g/mol. The number of rotatable bonds is 12. The maximum absolute atomic E-state index is 14.0. The molecule has 3 heterocycles. The van der Waals surface area contributed by atoms with E-state index in [1.165, 1.54) is 38.5 Å². The zero-order valence-corrected chi connectivity index (χ0v) is 30.9. The van der Waals surface area contributed by atoms with Crippen molar-refractivity contribution in [3.05, 3.63) is 64.3 Å². The Bertz CT molecular complexity index is 2230. The predicted molar refractivity (Wildman–Crippen MR) is 196 cm³/mol. The molecule has 0 amide bonds. The van der Waals surface area contributed by atoms with E-state index in [0.29, 0.717) is 5.56 Å². The van der Waals surface area contributed by atoms with Crippen LogP contribution in [0.2, 0.25) is 0 Å². The van der Waals surface area contributed by atoms with Crippen LogP contribution >= 0.6 is 0 Å². The smallest absolute Gasteiger partial charge is 0.330 e. The van der Waals surface area contributed by atoms with Crippen LogP contribution in [0.15, 0.2) is 57.8 Å². The summed E-state index contributed by atoms with van der Waals surface area (Å²) >= 11 is 0. The zero-order valence-electron chi connectivity index (χ0n) is 30.9. The summed E-state index contributed by atoms with van der Waals surface area (Å²) in [6, 6.07) is 7.83. The molecule has 21 nitrogen and oxygen atoms in total. The summed E-state index contributed by atoms with van der Waals surface area (Å²) in [6.07, 6.45) is -16.9. The fraction of sp³-hybridized carbons (Fsp3) is 0.368. The molecule has 4 aromatic rings. The molecule has 0 radical (unpaired) electrons. The first-order chi connectivity index (χ1) is 28.1. The number of phenols is 5. The van der Waals surface area contributed by atoms with E-state index in [9.17, 15) is 65.8 Å². The molecule has 0 aliphatic carbocycles. The van der Waals surface area contributed by atoms with Crippen LogP contribution in [0.4, 0.5) is 0 Å². The third-order valence-electron chi connectivity index (χ3n) is 9.48. The Morgan fingerprint density at radius 3 is 2.07 bits per heavy atom. The van der Waals surface area contributed by atoms with Crippen molar-refractivity contribution in [3.63, 3.8) is 0 Å². The quantitative estimate of drug-likeness (QED) is 0.0476. The minimum absolute atomic E-state index is 0.0504. The van der Waals surface area contributed by atoms with Crippen molar-refractivity contribution in [3.8, 4) is 57.3 Å². The number of carbonyl (C=O) groups excluding carboxylic acids is 1. The van der Waals surface area contributed by atoms with Crippen LogP contribution in [0, 0.1) is 0 Å². The number of ether oxygens (including phenoxy) is 7. The summed E-state index contributed by atoms with van der Waals surface area (Å²) in [5.41, 5.74) is -1.22. The Morgan fingerprint density at radius 2 is 1.42 bits per heavy atom. The molecule has 21 heteroatoms. The second-order valence-corrected chi connectivity index (χ2v) is 13.3. The highest BCUT2D eigenvalue weighted by Crippen LogP contribution is 2.41. The summed E-state index contributed by atoms with van der Waals surface area (Å²) in [7, 11) is 2.62. The first-order valence-corrected chi connectivity index (χ1v) is 17.6. The van der Waals surface area contributed by atoms with Crippen molar-refractivity contribution in [2.24, 2.45) is 0 Å². The number of aliphatic hydroxyl groups excluding tert-OH is 6. The minimum atomic E-state index is -2.08. The van der Waals surface area contributed by atoms with Crippen LogP contribution in [-0.2, 0) is 23.7 Å². The van der Waals surface area contributed by atoms with E-state index in [4.69, 9.17) is 37.6 Å². The van der Waals surface area contributed by atoms with Gasteiger partial charge in [0.1, 0.15) is 71.8 Å². The van der Waals surface area contributed by atoms with E-state index in [-0.39, 0.29) is 28.4 Å². The lowest BCUT2D eigenvalue weighted by atomic mass is 9.97. The second-order valence-electron chi connectivity index (χ2n) is 13.3. The molecule has 0 bridgehead atoms. The van der Waals surface area contributed by atoms with Crippen LogP contribution in [0.1, 0.15) is 5.56 Å². The van der Waals surface area contributed by atoms with E-state index in [1.807, 2.05) is 0 Å². The minimum Gasteiger partial charge on any atom is -0.508 e. The average molecular weight is 833 g/mol. The van der Waals surface area contributed by atoms with Crippen molar-refractivity contribution >= 4 is 23.0 Å². The molecular weight excluding hydrogens is 792 g/mol. The van der Waals surface area contributed by atoms with E-state index in [0.717, 1.165) is 30.3 Å². The Balaban J connectivity index is 1.28. The predicted octanol–water partition coefficient (Wildman–Crippen LogP) is -0.728. The average Bonchev–Trinajstić information content (AvgIpc) is 3.21. The number of hydrogen-bond donors (Lipinski definition) is 11. The first kappa shape index (κ1) is 42.7. The van der Waals surface area contributed by atoms with Gasteiger partial charge in [0.2, 0.25) is 23.2 Å². The number of esters is 1. The highest BCUT2D eigenvalue weighted by atomic mass is 16.8. The summed E-state index contributed by atoms with van der Waals surface area (Å²) in [5, 5.41) is 115. The standard InChI is InChI=1S/C38H40O21/c1-52-21-7-14(8-22(53-2)27(21)45)3-6-25(44)54-13-24-29(47)31(49)33(51)37(57-24)59-36-32(50)28(46)23(12-39)56-38(36)58-35-30(48)26-19(43)10-16(40)11-20(26)55-34(35)15-4-5-17(41)18(42)9-15/h3-11,23-24,28-29,31-33,36-43,45-47,49-51H,12-13H2,1-2H3/b6-3-/t23-,24-,28-,29+,31-,32+,33+,36-,37-,38-/m0/s1. The molecule has 10 atom stereocenters. The fourth-order valence-corrected chi connectivity index (χ4v) is 6.35. The van der Waals surface area contributed by atoms with Gasteiger partial charge in [-0.15, -0.1) is 0 Å². The number of fused-ring (bicyclic) bond motifs is 1. The molecule has 6 rings (SSSR count). The van der Waals surface area contributed by atoms with Crippen molar-refractivity contribution in [2.45, 2.75) is 61.4 Å². The number of aliphatic hydroxyl groups is 6. The third kappa shape index (κ3) is 8.64. The molecule has 11 N–H and O–H groups in total. The molecule has 2 aliphatic heterocycles. The van der Waals surface area contributed by atoms with Gasteiger partial charge in [0.15, 0.2) is 41.2 Å². The lowest BCUT2D eigenvalue weighted by molar-refractivity contribution is -0.358. The van der Waals surface area contributed by atoms with Crippen LogP contribution in [0.5, 0.6) is 46.0 Å². The van der Waals surface area contributed by atoms with Gasteiger partial charge >= 0.3 is 5.97 Å². The van der Waals surface area contributed by atoms with Gasteiger partial charge in [-0.1, -0.05) is 0 Å². The van der Waals surface area contributed by atoms with E-state index >= 15 is 0 Å². The normalized spacial score (nSPS) is 27.1. The number of aromatic hydroxyl groups is 5. The molecule has 3 aromatic carbocycles. The molecule has 2 saturated heterocycles. The summed E-state index contributed by atoms with van der Waals surface area (Å²) in [6.45, 7) is -1.66. The van der Waals surface area contributed by atoms with Gasteiger partial charge in [-0.05, 0) is 42.0 Å². The summed E-state index contributed by atoms with van der Waals surface area (Å²) in [4.78, 5) is 26.6. The van der Waals surface area contributed by atoms with E-state index < -0.39 is 126 Å². The molecular formula is C38H40O21. The molecule has 318 valence electrons. The number of benzene rings is 3. The van der Waals surface area contributed by atoms with Crippen molar-refractivity contribution in [1.82, 2.24) is 0 Å². The Morgan fingerprint density at radius 1 is 0.763 bits per heavy atom. The summed E-state index contributed by atoms with van der Waals surface area (Å²) in [5.74, 6) is -4.89. The van der Waals surface area contributed by atoms with Gasteiger partial charge in [-0.3, -0.25) is 4.79 Å². The number of methoxy groups -OCH3 is 2. The Kier molecular flexibility index (Phi) is 12.7. The largest absolute Gasteiger partial charge is 0.508 e. The lowest BCUT2D eigenvalue weighted by Crippen LogP contribution is -2.65. The SMILES string of the molecule is COc1cc(/C=C\C(=O)OC[C@@H]2O[C@@H](O[C@@H]3[C@H](Oc4c(-c5ccc(O)c(O)c5)oc5cc(O)cc(O)c5c4=O)O[C@@H](CO)[C@H](O)[C@H]3O)[C@H](O)[C@@H](O)[C@@H]2O)cc(OC)c1O. The van der Waals surface area contributed by atoms with Crippen molar-refractivity contribution in [2.75, 3.05) is 27.4 Å². The molecule has 59 heavy (non-hydrogen) atoms. The topological polar surface area (TPSA) is 334 Å². The molecule has 0 saturated carbocycles. The maximum Gasteiger partial charge on any atom is 0.330 e. The Hall–Kier alpha value is -5.88. The van der Waals surface area contributed by atoms with Crippen LogP contribution in [0.3, 0.4) is 0 Å². The molecule has 0 spiro atoms. The van der Waals surface area contributed by atoms with Crippen molar-refractivity contribution < 1.29 is 98.5 Å². The summed E-state index contributed by atoms with van der Waals surface area (Å²) < 4.78 is 44.2. The van der Waals surface area contributed by atoms with E-state index in [1.54, 1.807) is 0 Å². The third-order valence-corrected chi connectivity index (χ3v) is 9.48. The molecule has 2 fully saturated rings. The van der Waals surface area contributed by atoms with Gasteiger partial charge < -0.3 is 93.7 Å². The zero-order chi connectivity index (χ0) is 42.9. The van der Waals surface area contributed by atoms with Crippen molar-refractivity contribution in [1.29, 1.82) is 0 Å². The van der Waals surface area contributed by atoms with Crippen LogP contribution in [-0.4, -0.2) is 151 Å². The molecule has 0 unspecified atom stereocenters. The van der Waals surface area contributed by atoms with Gasteiger partial charge in [-0.2, -0.15) is 0 Å². The van der Waals surface area contributed by atoms with Gasteiger partial charge in [0, 0.05) is 23.8 Å². The number of hydrogen-bond acceptors (Lipinski definition) is 21. The molecule has 1 aromatic heterocycles. The van der Waals surface area contributed by atoms with Gasteiger partial charge in [-0.25, -0.2) is 4.79 Å². The highest BCUT2D eigenvalue weighted by Gasteiger charge is 2.52. The molecule has 2 aliphatic rings. The van der Waals surface area contributed by atoms with Gasteiger partial charge in [0.25, 0.3) is 0 Å². The number of phenolic OH excluding ortho intramolecular Hbond substituents is 5. The van der Waals surface area contributed by atoms with Crippen LogP contribution in [0.25, 0.3) is 28.4 Å². The van der Waals surface area contributed by atoms with Crippen LogP contribution < -0.4 is 19.6 Å². The fourth-order valence-electron chi connectivity index (χ4n) is 6.35. The lowest BCUT2D eigenvalue weighted by Gasteiger charge is -2.45. The number of carbonyl (C=O) groups is 1. The second kappa shape index (κ2) is 17.5. The first-order valence-electron chi connectivity index (χ1n) is 17.6. The maximum atomic E-state index is 14.0. The highest BCUT2D eigenvalue weighted by molar-refractivity contribution is 5.89. The van der Waals surface area contributed by atoms with Gasteiger partial charge in [0.05, 0.1) is 20.8 Å². The Labute approximate surface area is 331 Å². The van der Waals surface area contributed by atoms with E-state index in [2.05, 4.69) is 0 Å².